The number of ether oxygens (including phenoxy) is 1. The van der Waals surface area contributed by atoms with Crippen LogP contribution in [0.2, 0.25) is 0 Å². The van der Waals surface area contributed by atoms with Gasteiger partial charge in [0.05, 0.1) is 18.8 Å². The molecule has 0 spiro atoms. The Kier molecular flexibility index (Phi) is 7.86. The molecule has 1 saturated carbocycles. The number of aromatic nitrogens is 1. The van der Waals surface area contributed by atoms with Crippen LogP contribution in [0.1, 0.15) is 76.1 Å². The Morgan fingerprint density at radius 2 is 1.96 bits per heavy atom. The van der Waals surface area contributed by atoms with Crippen LogP contribution in [0.5, 0.6) is 0 Å². The minimum absolute atomic E-state index is 0.0913. The number of aryl methyl sites for hydroxylation is 2. The minimum atomic E-state index is 0.0913. The molecule has 2 aliphatic rings. The third-order valence-electron chi connectivity index (χ3n) is 6.27. The fourth-order valence-corrected chi connectivity index (χ4v) is 5.34. The summed E-state index contributed by atoms with van der Waals surface area (Å²) in [4.78, 5) is 12.9. The number of hydrogen-bond acceptors (Lipinski definition) is 4. The molecule has 1 aliphatic heterocycles. The molecule has 1 aromatic rings. The maximum absolute atomic E-state index is 12.9. The average molecular weight is 393 g/mol. The highest BCUT2D eigenvalue weighted by molar-refractivity contribution is 7.97. The number of nitrogens with zero attached hydrogens (tertiary/aromatic N) is 1. The van der Waals surface area contributed by atoms with Crippen LogP contribution >= 0.6 is 11.9 Å². The molecule has 0 bridgehead atoms. The van der Waals surface area contributed by atoms with Gasteiger partial charge in [0.2, 0.25) is 0 Å². The molecule has 27 heavy (non-hydrogen) atoms. The number of pyridine rings is 1. The molecule has 2 heterocycles. The van der Waals surface area contributed by atoms with E-state index in [9.17, 15) is 4.79 Å². The van der Waals surface area contributed by atoms with Gasteiger partial charge in [0.1, 0.15) is 0 Å². The molecule has 0 amide bonds. The van der Waals surface area contributed by atoms with Crippen LogP contribution < -0.4 is 10.3 Å². The lowest BCUT2D eigenvalue weighted by Crippen LogP contribution is -2.46. The molecule has 2 unspecified atom stereocenters. The molecule has 3 rings (SSSR count). The van der Waals surface area contributed by atoms with Crippen molar-refractivity contribution in [2.45, 2.75) is 90.3 Å². The fourth-order valence-electron chi connectivity index (χ4n) is 4.68. The molecule has 1 fully saturated rings. The predicted octanol–water partition coefficient (Wildman–Crippen LogP) is 4.65. The van der Waals surface area contributed by atoms with Crippen LogP contribution in [0.25, 0.3) is 0 Å². The van der Waals surface area contributed by atoms with Gasteiger partial charge in [0.25, 0.3) is 5.56 Å². The number of rotatable bonds is 8. The van der Waals surface area contributed by atoms with Gasteiger partial charge < -0.3 is 9.30 Å². The lowest BCUT2D eigenvalue weighted by Gasteiger charge is -2.37. The van der Waals surface area contributed by atoms with Gasteiger partial charge in [-0.25, -0.2) is 0 Å². The highest BCUT2D eigenvalue weighted by Gasteiger charge is 2.32. The minimum Gasteiger partial charge on any atom is -0.376 e. The van der Waals surface area contributed by atoms with Crippen LogP contribution in [-0.4, -0.2) is 29.1 Å². The number of hydrogen-bond donors (Lipinski definition) is 1. The van der Waals surface area contributed by atoms with E-state index in [4.69, 9.17) is 4.74 Å². The van der Waals surface area contributed by atoms with Crippen LogP contribution in [0, 0.1) is 12.8 Å². The molecule has 0 saturated heterocycles. The van der Waals surface area contributed by atoms with Crippen molar-refractivity contribution in [1.82, 2.24) is 9.29 Å². The van der Waals surface area contributed by atoms with Crippen molar-refractivity contribution in [2.75, 3.05) is 12.4 Å². The third-order valence-corrected chi connectivity index (χ3v) is 7.03. The largest absolute Gasteiger partial charge is 0.376 e. The summed E-state index contributed by atoms with van der Waals surface area (Å²) in [6, 6.07) is 4.48. The molecule has 0 radical (unpaired) electrons. The van der Waals surface area contributed by atoms with Crippen molar-refractivity contribution >= 4 is 11.9 Å². The van der Waals surface area contributed by atoms with Gasteiger partial charge in [-0.15, -0.1) is 0 Å². The van der Waals surface area contributed by atoms with Crippen molar-refractivity contribution in [1.29, 1.82) is 0 Å². The summed E-state index contributed by atoms with van der Waals surface area (Å²) in [6.07, 6.45) is 9.98. The molecule has 4 nitrogen and oxygen atoms in total. The number of nitrogens with one attached hydrogen (secondary N) is 1. The predicted molar refractivity (Wildman–Crippen MR) is 114 cm³/mol. The summed E-state index contributed by atoms with van der Waals surface area (Å²) in [5.74, 6) is 1.92. The molecule has 0 aromatic carbocycles. The Morgan fingerprint density at radius 1 is 1.19 bits per heavy atom. The lowest BCUT2D eigenvalue weighted by atomic mass is 9.84. The zero-order valence-corrected chi connectivity index (χ0v) is 18.0. The first-order valence-electron chi connectivity index (χ1n) is 10.8. The SMILES string of the molecule is CCCC1CCC(OCC2C(NSCC)CCc3ccc(C)c(=O)n32)CC1. The molecular weight excluding hydrogens is 356 g/mol. The summed E-state index contributed by atoms with van der Waals surface area (Å²) < 4.78 is 12.0. The normalized spacial score (nSPS) is 28.1. The van der Waals surface area contributed by atoms with Crippen LogP contribution in [0.3, 0.4) is 0 Å². The number of fused-ring (bicyclic) bond motifs is 1. The van der Waals surface area contributed by atoms with Crippen LogP contribution in [0.15, 0.2) is 16.9 Å². The standard InChI is InChI=1S/C22H36N2O2S/c1-4-6-17-8-12-19(13-9-17)26-15-21-20(23-27-5-2)14-11-18-10-7-16(3)22(25)24(18)21/h7,10,17,19-21,23H,4-6,8-9,11-15H2,1-3H3. The Hall–Kier alpha value is -0.780. The van der Waals surface area contributed by atoms with Crippen molar-refractivity contribution in [3.8, 4) is 0 Å². The van der Waals surface area contributed by atoms with E-state index in [1.807, 2.05) is 17.6 Å². The van der Waals surface area contributed by atoms with Gasteiger partial charge in [0, 0.05) is 23.1 Å². The van der Waals surface area contributed by atoms with E-state index in [0.29, 0.717) is 18.8 Å². The summed E-state index contributed by atoms with van der Waals surface area (Å²) >= 11 is 1.75. The Balaban J connectivity index is 1.69. The van der Waals surface area contributed by atoms with Crippen LogP contribution in [-0.2, 0) is 11.2 Å². The monoisotopic (exact) mass is 392 g/mol. The third kappa shape index (κ3) is 5.18. The molecule has 1 N–H and O–H groups in total. The van der Waals surface area contributed by atoms with E-state index < -0.39 is 0 Å². The first-order chi connectivity index (χ1) is 13.1. The van der Waals surface area contributed by atoms with E-state index in [2.05, 4.69) is 24.6 Å². The molecule has 5 heteroatoms. The topological polar surface area (TPSA) is 43.3 Å². The summed E-state index contributed by atoms with van der Waals surface area (Å²) in [5.41, 5.74) is 2.14. The average Bonchev–Trinajstić information content (AvgIpc) is 2.69. The summed E-state index contributed by atoms with van der Waals surface area (Å²) in [7, 11) is 0. The quantitative estimate of drug-likeness (QED) is 0.654. The summed E-state index contributed by atoms with van der Waals surface area (Å²) in [5, 5.41) is 0. The maximum Gasteiger partial charge on any atom is 0.254 e. The molecule has 152 valence electrons. The first kappa shape index (κ1) is 20.9. The van der Waals surface area contributed by atoms with Crippen LogP contribution in [0.4, 0.5) is 0 Å². The zero-order valence-electron chi connectivity index (χ0n) is 17.2. The molecular formula is C22H36N2O2S. The van der Waals surface area contributed by atoms with Gasteiger partial charge >= 0.3 is 0 Å². The Labute approximate surface area is 168 Å². The Morgan fingerprint density at radius 3 is 2.67 bits per heavy atom. The van der Waals surface area contributed by atoms with Gasteiger partial charge in [0.15, 0.2) is 0 Å². The lowest BCUT2D eigenvalue weighted by molar-refractivity contribution is -0.00719. The van der Waals surface area contributed by atoms with Crippen molar-refractivity contribution < 1.29 is 4.74 Å². The first-order valence-corrected chi connectivity index (χ1v) is 11.8. The smallest absolute Gasteiger partial charge is 0.254 e. The second kappa shape index (κ2) is 10.1. The Bertz CT molecular complexity index is 652. The molecule has 1 aromatic heterocycles. The van der Waals surface area contributed by atoms with Gasteiger partial charge in [-0.05, 0) is 57.4 Å². The van der Waals surface area contributed by atoms with E-state index >= 15 is 0 Å². The van der Waals surface area contributed by atoms with Gasteiger partial charge in [-0.3, -0.25) is 9.52 Å². The molecule has 1 aliphatic carbocycles. The van der Waals surface area contributed by atoms with E-state index in [-0.39, 0.29) is 11.6 Å². The van der Waals surface area contributed by atoms with Crippen molar-refractivity contribution in [3.05, 3.63) is 33.7 Å². The van der Waals surface area contributed by atoms with Crippen molar-refractivity contribution in [2.24, 2.45) is 5.92 Å². The van der Waals surface area contributed by atoms with E-state index in [1.54, 1.807) is 11.9 Å². The second-order valence-corrected chi connectivity index (χ2v) is 9.31. The van der Waals surface area contributed by atoms with E-state index in [0.717, 1.165) is 35.8 Å². The highest BCUT2D eigenvalue weighted by atomic mass is 32.2. The fraction of sp³-hybridized carbons (Fsp3) is 0.773. The molecule has 2 atom stereocenters. The highest BCUT2D eigenvalue weighted by Crippen LogP contribution is 2.31. The second-order valence-electron chi connectivity index (χ2n) is 8.21. The van der Waals surface area contributed by atoms with E-state index in [1.165, 1.54) is 38.5 Å². The zero-order chi connectivity index (χ0) is 19.2. The maximum atomic E-state index is 12.9. The van der Waals surface area contributed by atoms with Gasteiger partial charge in [-0.1, -0.05) is 44.7 Å². The van der Waals surface area contributed by atoms with Gasteiger partial charge in [-0.2, -0.15) is 0 Å². The van der Waals surface area contributed by atoms with Crippen molar-refractivity contribution in [3.63, 3.8) is 0 Å². The summed E-state index contributed by atoms with van der Waals surface area (Å²) in [6.45, 7) is 7.00.